The van der Waals surface area contributed by atoms with E-state index in [-0.39, 0.29) is 12.1 Å². The summed E-state index contributed by atoms with van der Waals surface area (Å²) in [6.45, 7) is 11.9. The molecule has 0 aliphatic carbocycles. The van der Waals surface area contributed by atoms with E-state index in [1.54, 1.807) is 12.0 Å². The van der Waals surface area contributed by atoms with Gasteiger partial charge in [-0.05, 0) is 27.7 Å². The van der Waals surface area contributed by atoms with Gasteiger partial charge in [-0.25, -0.2) is 4.79 Å². The zero-order valence-corrected chi connectivity index (χ0v) is 15.6. The first-order valence-corrected chi connectivity index (χ1v) is 8.45. The molecule has 0 atom stereocenters. The van der Waals surface area contributed by atoms with Crippen molar-refractivity contribution in [1.29, 1.82) is 0 Å². The van der Waals surface area contributed by atoms with Gasteiger partial charge < -0.3 is 29.7 Å². The highest BCUT2D eigenvalue weighted by atomic mass is 16.6. The van der Waals surface area contributed by atoms with Crippen LogP contribution < -0.4 is 10.6 Å². The Labute approximate surface area is 144 Å². The van der Waals surface area contributed by atoms with Crippen molar-refractivity contribution >= 4 is 12.1 Å². The predicted molar refractivity (Wildman–Crippen MR) is 93.4 cm³/mol. The maximum Gasteiger partial charge on any atom is 0.410 e. The van der Waals surface area contributed by atoms with Crippen molar-refractivity contribution in [1.82, 2.24) is 15.5 Å². The van der Waals surface area contributed by atoms with Crippen LogP contribution in [0.2, 0.25) is 0 Å². The monoisotopic (exact) mass is 344 g/mol. The molecule has 24 heavy (non-hydrogen) atoms. The summed E-state index contributed by atoms with van der Waals surface area (Å²) in [6, 6.07) is 0.185. The first-order chi connectivity index (χ1) is 11.4. The van der Waals surface area contributed by atoms with E-state index in [9.17, 15) is 4.79 Å². The van der Waals surface area contributed by atoms with E-state index in [4.69, 9.17) is 14.2 Å². The fourth-order valence-electron chi connectivity index (χ4n) is 2.03. The summed E-state index contributed by atoms with van der Waals surface area (Å²) < 4.78 is 15.6. The molecular formula is C16H32N4O4. The van der Waals surface area contributed by atoms with Crippen molar-refractivity contribution in [2.45, 2.75) is 39.3 Å². The molecule has 8 heteroatoms. The lowest BCUT2D eigenvalue weighted by atomic mass is 10.1. The third-order valence-electron chi connectivity index (χ3n) is 3.16. The first-order valence-electron chi connectivity index (χ1n) is 8.45. The zero-order chi connectivity index (χ0) is 18.0. The number of hydrogen-bond acceptors (Lipinski definition) is 5. The molecule has 1 heterocycles. The van der Waals surface area contributed by atoms with Crippen LogP contribution in [-0.2, 0) is 14.2 Å². The molecule has 0 saturated carbocycles. The Hall–Kier alpha value is -1.54. The quantitative estimate of drug-likeness (QED) is 0.385. The lowest BCUT2D eigenvalue weighted by Gasteiger charge is -2.40. The highest BCUT2D eigenvalue weighted by molar-refractivity contribution is 5.80. The van der Waals surface area contributed by atoms with Crippen LogP contribution in [0.4, 0.5) is 4.79 Å². The second kappa shape index (κ2) is 10.4. The van der Waals surface area contributed by atoms with Crippen molar-refractivity contribution in [3.8, 4) is 0 Å². The maximum absolute atomic E-state index is 11.9. The van der Waals surface area contributed by atoms with Gasteiger partial charge in [0.05, 0.1) is 32.4 Å². The molecule has 8 nitrogen and oxygen atoms in total. The van der Waals surface area contributed by atoms with Crippen LogP contribution in [0.25, 0.3) is 0 Å². The molecule has 1 fully saturated rings. The Morgan fingerprint density at radius 1 is 1.25 bits per heavy atom. The van der Waals surface area contributed by atoms with Gasteiger partial charge in [0.15, 0.2) is 5.96 Å². The molecule has 1 amide bonds. The summed E-state index contributed by atoms with van der Waals surface area (Å²) in [5, 5.41) is 6.50. The number of rotatable bonds is 8. The first kappa shape index (κ1) is 20.5. The average Bonchev–Trinajstić information content (AvgIpc) is 2.43. The van der Waals surface area contributed by atoms with Crippen molar-refractivity contribution in [2.24, 2.45) is 4.99 Å². The van der Waals surface area contributed by atoms with E-state index >= 15 is 0 Å². The van der Waals surface area contributed by atoms with Crippen molar-refractivity contribution < 1.29 is 19.0 Å². The summed E-state index contributed by atoms with van der Waals surface area (Å²) >= 11 is 0. The van der Waals surface area contributed by atoms with Gasteiger partial charge in [-0.1, -0.05) is 0 Å². The lowest BCUT2D eigenvalue weighted by molar-refractivity contribution is 0.00700. The number of nitrogens with zero attached hydrogens (tertiary/aromatic N) is 2. The van der Waals surface area contributed by atoms with Crippen LogP contribution in [0, 0.1) is 0 Å². The van der Waals surface area contributed by atoms with Gasteiger partial charge in [0.1, 0.15) is 5.60 Å². The fraction of sp³-hybridized carbons (Fsp3) is 0.875. The van der Waals surface area contributed by atoms with Crippen LogP contribution in [0.3, 0.4) is 0 Å². The van der Waals surface area contributed by atoms with E-state index < -0.39 is 5.60 Å². The number of likely N-dealkylation sites (tertiary alicyclic amines) is 1. The van der Waals surface area contributed by atoms with Gasteiger partial charge >= 0.3 is 6.09 Å². The van der Waals surface area contributed by atoms with E-state index in [0.717, 1.165) is 12.5 Å². The van der Waals surface area contributed by atoms with E-state index in [0.29, 0.717) is 39.5 Å². The van der Waals surface area contributed by atoms with Gasteiger partial charge in [-0.3, -0.25) is 4.99 Å². The fourth-order valence-corrected chi connectivity index (χ4v) is 2.03. The number of aliphatic imine (C=N–C) groups is 1. The van der Waals surface area contributed by atoms with Crippen molar-refractivity contribution in [3.63, 3.8) is 0 Å². The molecular weight excluding hydrogens is 312 g/mol. The molecule has 1 aliphatic heterocycles. The molecule has 1 rings (SSSR count). The van der Waals surface area contributed by atoms with Gasteiger partial charge in [0.2, 0.25) is 0 Å². The number of nitrogens with one attached hydrogen (secondary N) is 2. The SMILES string of the molecule is CCNC(=NCCOCCOC)NC1CN(C(=O)OC(C)(C)C)C1. The summed E-state index contributed by atoms with van der Waals surface area (Å²) in [5.41, 5.74) is -0.463. The van der Waals surface area contributed by atoms with Crippen LogP contribution in [-0.4, -0.2) is 81.7 Å². The van der Waals surface area contributed by atoms with Gasteiger partial charge in [0.25, 0.3) is 0 Å². The molecule has 0 bridgehead atoms. The minimum absolute atomic E-state index is 0.185. The minimum Gasteiger partial charge on any atom is -0.444 e. The molecule has 0 aromatic rings. The number of ether oxygens (including phenoxy) is 3. The number of carbonyl (C=O) groups is 1. The topological polar surface area (TPSA) is 84.4 Å². The third kappa shape index (κ3) is 8.35. The van der Waals surface area contributed by atoms with Crippen molar-refractivity contribution in [3.05, 3.63) is 0 Å². The molecule has 140 valence electrons. The van der Waals surface area contributed by atoms with Crippen LogP contribution in [0.1, 0.15) is 27.7 Å². The normalized spacial score (nSPS) is 15.9. The van der Waals surface area contributed by atoms with Crippen LogP contribution >= 0.6 is 0 Å². The lowest BCUT2D eigenvalue weighted by Crippen LogP contribution is -2.63. The van der Waals surface area contributed by atoms with E-state index in [2.05, 4.69) is 15.6 Å². The number of amides is 1. The van der Waals surface area contributed by atoms with Gasteiger partial charge in [0, 0.05) is 26.7 Å². The Kier molecular flexibility index (Phi) is 8.84. The highest BCUT2D eigenvalue weighted by Crippen LogP contribution is 2.15. The molecule has 0 aromatic carbocycles. The minimum atomic E-state index is -0.463. The number of guanidine groups is 1. The predicted octanol–water partition coefficient (Wildman–Crippen LogP) is 0.824. The Balaban J connectivity index is 2.28. The Bertz CT molecular complexity index is 403. The average molecular weight is 344 g/mol. The standard InChI is InChI=1S/C16H32N4O4/c1-6-17-14(18-7-8-23-10-9-22-5)19-13-11-20(12-13)15(21)24-16(2,3)4/h13H,6-12H2,1-5H3,(H2,17,18,19). The molecule has 2 N–H and O–H groups in total. The second-order valence-corrected chi connectivity index (χ2v) is 6.59. The molecule has 1 aliphatic rings. The van der Waals surface area contributed by atoms with Gasteiger partial charge in [-0.15, -0.1) is 0 Å². The molecule has 1 saturated heterocycles. The summed E-state index contributed by atoms with van der Waals surface area (Å²) in [4.78, 5) is 18.0. The zero-order valence-electron chi connectivity index (χ0n) is 15.6. The molecule has 0 spiro atoms. The van der Waals surface area contributed by atoms with E-state index in [1.165, 1.54) is 0 Å². The second-order valence-electron chi connectivity index (χ2n) is 6.59. The summed E-state index contributed by atoms with van der Waals surface area (Å²) in [6.07, 6.45) is -0.269. The molecule has 0 aromatic heterocycles. The summed E-state index contributed by atoms with van der Waals surface area (Å²) in [5.74, 6) is 0.738. The number of carbonyl (C=O) groups excluding carboxylic acids is 1. The molecule has 0 unspecified atom stereocenters. The highest BCUT2D eigenvalue weighted by Gasteiger charge is 2.34. The largest absolute Gasteiger partial charge is 0.444 e. The Morgan fingerprint density at radius 2 is 1.96 bits per heavy atom. The Morgan fingerprint density at radius 3 is 2.54 bits per heavy atom. The smallest absolute Gasteiger partial charge is 0.410 e. The van der Waals surface area contributed by atoms with E-state index in [1.807, 2.05) is 27.7 Å². The van der Waals surface area contributed by atoms with Gasteiger partial charge in [-0.2, -0.15) is 0 Å². The maximum atomic E-state index is 11.9. The summed E-state index contributed by atoms with van der Waals surface area (Å²) in [7, 11) is 1.65. The van der Waals surface area contributed by atoms with Crippen molar-refractivity contribution in [2.75, 3.05) is 53.1 Å². The number of hydrogen-bond donors (Lipinski definition) is 2. The number of methoxy groups -OCH3 is 1. The third-order valence-corrected chi connectivity index (χ3v) is 3.16. The van der Waals surface area contributed by atoms with Crippen LogP contribution in [0.5, 0.6) is 0 Å². The molecule has 0 radical (unpaired) electrons. The van der Waals surface area contributed by atoms with Crippen LogP contribution in [0.15, 0.2) is 4.99 Å².